The van der Waals surface area contributed by atoms with Crippen LogP contribution in [0.1, 0.15) is 37.3 Å². The molecule has 0 atom stereocenters. The summed E-state index contributed by atoms with van der Waals surface area (Å²) in [5.41, 5.74) is 1.94. The molecule has 0 aliphatic carbocycles. The fourth-order valence-electron chi connectivity index (χ4n) is 3.54. The number of aliphatic imine (C=N–C) groups is 1. The van der Waals surface area contributed by atoms with Crippen LogP contribution in [-0.4, -0.2) is 45.4 Å². The van der Waals surface area contributed by atoms with Crippen molar-refractivity contribution in [1.82, 2.24) is 14.9 Å². The second-order valence-corrected chi connectivity index (χ2v) is 9.45. The molecule has 1 saturated heterocycles. The van der Waals surface area contributed by atoms with E-state index in [1.807, 2.05) is 37.3 Å². The monoisotopic (exact) mass is 444 g/mol. The first-order valence-corrected chi connectivity index (χ1v) is 12.2. The second kappa shape index (κ2) is 11.2. The van der Waals surface area contributed by atoms with Crippen LogP contribution in [0.5, 0.6) is 5.75 Å². The Morgan fingerprint density at radius 1 is 1.03 bits per heavy atom. The zero-order chi connectivity index (χ0) is 22.1. The predicted octanol–water partition coefficient (Wildman–Crippen LogP) is 3.13. The Morgan fingerprint density at radius 3 is 2.52 bits per heavy atom. The molecule has 0 aromatic heterocycles. The number of benzene rings is 2. The van der Waals surface area contributed by atoms with Crippen LogP contribution in [0.4, 0.5) is 0 Å². The van der Waals surface area contributed by atoms with Gasteiger partial charge in [-0.15, -0.1) is 0 Å². The van der Waals surface area contributed by atoms with Gasteiger partial charge in [0, 0.05) is 26.2 Å². The van der Waals surface area contributed by atoms with Gasteiger partial charge in [-0.1, -0.05) is 30.7 Å². The van der Waals surface area contributed by atoms with E-state index in [1.165, 1.54) is 0 Å². The molecule has 2 N–H and O–H groups in total. The fourth-order valence-corrected chi connectivity index (χ4v) is 5.13. The molecule has 2 aromatic rings. The van der Waals surface area contributed by atoms with E-state index in [2.05, 4.69) is 15.6 Å². The minimum Gasteiger partial charge on any atom is -0.497 e. The second-order valence-electron chi connectivity index (χ2n) is 7.51. The molecule has 7 nitrogen and oxygen atoms in total. The van der Waals surface area contributed by atoms with E-state index in [4.69, 9.17) is 4.74 Å². The van der Waals surface area contributed by atoms with Crippen molar-refractivity contribution < 1.29 is 13.2 Å². The van der Waals surface area contributed by atoms with Crippen molar-refractivity contribution in [3.63, 3.8) is 0 Å². The molecular formula is C23H32N4O3S. The molecule has 0 saturated carbocycles. The van der Waals surface area contributed by atoms with Crippen LogP contribution in [0.2, 0.25) is 0 Å². The molecule has 0 bridgehead atoms. The third kappa shape index (κ3) is 6.45. The lowest BCUT2D eigenvalue weighted by Gasteiger charge is -2.26. The number of ether oxygens (including phenoxy) is 1. The van der Waals surface area contributed by atoms with Crippen LogP contribution in [0.3, 0.4) is 0 Å². The van der Waals surface area contributed by atoms with Crippen LogP contribution < -0.4 is 15.4 Å². The summed E-state index contributed by atoms with van der Waals surface area (Å²) in [5.74, 6) is 1.49. The zero-order valence-corrected chi connectivity index (χ0v) is 19.1. The molecule has 3 rings (SSSR count). The van der Waals surface area contributed by atoms with Crippen LogP contribution in [-0.2, 0) is 23.1 Å². The van der Waals surface area contributed by atoms with Gasteiger partial charge in [0.2, 0.25) is 10.0 Å². The van der Waals surface area contributed by atoms with Gasteiger partial charge in [-0.25, -0.2) is 13.4 Å². The highest BCUT2D eigenvalue weighted by atomic mass is 32.2. The Bertz CT molecular complexity index is 986. The predicted molar refractivity (Wildman–Crippen MR) is 124 cm³/mol. The van der Waals surface area contributed by atoms with E-state index in [-0.39, 0.29) is 0 Å². The number of hydrogen-bond donors (Lipinski definition) is 2. The number of piperidine rings is 1. The van der Waals surface area contributed by atoms with Gasteiger partial charge in [0.1, 0.15) is 5.75 Å². The number of rotatable bonds is 8. The molecule has 1 aliphatic rings. The molecule has 31 heavy (non-hydrogen) atoms. The zero-order valence-electron chi connectivity index (χ0n) is 18.3. The van der Waals surface area contributed by atoms with Crippen molar-refractivity contribution in [2.24, 2.45) is 4.99 Å². The lowest BCUT2D eigenvalue weighted by molar-refractivity contribution is 0.346. The van der Waals surface area contributed by atoms with Crippen molar-refractivity contribution in [2.75, 3.05) is 26.7 Å². The molecule has 1 aliphatic heterocycles. The third-order valence-electron chi connectivity index (χ3n) is 5.21. The average Bonchev–Trinajstić information content (AvgIpc) is 2.81. The first kappa shape index (κ1) is 23.1. The first-order chi connectivity index (χ1) is 15.0. The molecule has 0 unspecified atom stereocenters. The number of hydrogen-bond acceptors (Lipinski definition) is 4. The van der Waals surface area contributed by atoms with Gasteiger partial charge in [-0.2, -0.15) is 4.31 Å². The van der Waals surface area contributed by atoms with Gasteiger partial charge in [0.15, 0.2) is 5.96 Å². The first-order valence-electron chi connectivity index (χ1n) is 10.8. The quantitative estimate of drug-likeness (QED) is 0.483. The fraction of sp³-hybridized carbons (Fsp3) is 0.435. The van der Waals surface area contributed by atoms with Crippen molar-refractivity contribution in [1.29, 1.82) is 0 Å². The number of nitrogens with one attached hydrogen (secondary N) is 2. The number of guanidine groups is 1. The van der Waals surface area contributed by atoms with Crippen LogP contribution >= 0.6 is 0 Å². The van der Waals surface area contributed by atoms with E-state index in [0.717, 1.165) is 42.7 Å². The lowest BCUT2D eigenvalue weighted by Crippen LogP contribution is -2.36. The molecule has 2 aromatic carbocycles. The van der Waals surface area contributed by atoms with Crippen molar-refractivity contribution in [3.05, 3.63) is 59.7 Å². The molecule has 0 amide bonds. The van der Waals surface area contributed by atoms with Crippen molar-refractivity contribution >= 4 is 16.0 Å². The largest absolute Gasteiger partial charge is 0.497 e. The van der Waals surface area contributed by atoms with Gasteiger partial charge in [0.25, 0.3) is 0 Å². The highest BCUT2D eigenvalue weighted by Crippen LogP contribution is 2.21. The number of nitrogens with zero attached hydrogens (tertiary/aromatic N) is 2. The summed E-state index contributed by atoms with van der Waals surface area (Å²) in [4.78, 5) is 4.98. The van der Waals surface area contributed by atoms with Gasteiger partial charge in [0.05, 0.1) is 18.6 Å². The molecule has 1 fully saturated rings. The highest BCUT2D eigenvalue weighted by molar-refractivity contribution is 7.89. The molecular weight excluding hydrogens is 412 g/mol. The van der Waals surface area contributed by atoms with E-state index < -0.39 is 10.0 Å². The molecule has 168 valence electrons. The van der Waals surface area contributed by atoms with Crippen LogP contribution in [0.25, 0.3) is 0 Å². The van der Waals surface area contributed by atoms with Gasteiger partial charge in [-0.05, 0) is 55.2 Å². The minimum atomic E-state index is -3.44. The SMILES string of the molecule is CCNC(=NCc1cccc(S(=O)(=O)N2CCCCC2)c1)NCc1cccc(OC)c1. The van der Waals surface area contributed by atoms with E-state index in [0.29, 0.717) is 37.0 Å². The number of sulfonamides is 1. The summed E-state index contributed by atoms with van der Waals surface area (Å²) in [6, 6.07) is 15.0. The van der Waals surface area contributed by atoms with Crippen LogP contribution in [0, 0.1) is 0 Å². The maximum absolute atomic E-state index is 12.9. The summed E-state index contributed by atoms with van der Waals surface area (Å²) in [6.07, 6.45) is 2.94. The van der Waals surface area contributed by atoms with E-state index >= 15 is 0 Å². The highest BCUT2D eigenvalue weighted by Gasteiger charge is 2.25. The Labute approximate surface area is 185 Å². The Kier molecular flexibility index (Phi) is 8.31. The Balaban J connectivity index is 1.68. The van der Waals surface area contributed by atoms with Gasteiger partial charge in [-0.3, -0.25) is 0 Å². The normalized spacial score (nSPS) is 15.5. The van der Waals surface area contributed by atoms with Gasteiger partial charge < -0.3 is 15.4 Å². The van der Waals surface area contributed by atoms with Gasteiger partial charge >= 0.3 is 0 Å². The van der Waals surface area contributed by atoms with Crippen molar-refractivity contribution in [2.45, 2.75) is 44.2 Å². The maximum Gasteiger partial charge on any atom is 0.243 e. The minimum absolute atomic E-state index is 0.344. The lowest BCUT2D eigenvalue weighted by atomic mass is 10.2. The standard InChI is InChI=1S/C23H32N4O3S/c1-3-24-23(25-17-19-9-7-11-21(15-19)30-2)26-18-20-10-8-12-22(16-20)31(28,29)27-13-5-4-6-14-27/h7-12,15-16H,3-6,13-14,17-18H2,1-2H3,(H2,24,25,26). The topological polar surface area (TPSA) is 83.0 Å². The van der Waals surface area contributed by atoms with Crippen LogP contribution in [0.15, 0.2) is 58.4 Å². The molecule has 1 heterocycles. The third-order valence-corrected chi connectivity index (χ3v) is 7.10. The molecule has 0 spiro atoms. The number of methoxy groups -OCH3 is 1. The van der Waals surface area contributed by atoms with E-state index in [1.54, 1.807) is 29.6 Å². The maximum atomic E-state index is 12.9. The van der Waals surface area contributed by atoms with Crippen molar-refractivity contribution in [3.8, 4) is 5.75 Å². The summed E-state index contributed by atoms with van der Waals surface area (Å²) >= 11 is 0. The summed E-state index contributed by atoms with van der Waals surface area (Å²) < 4.78 is 32.8. The van der Waals surface area contributed by atoms with E-state index in [9.17, 15) is 8.42 Å². The summed E-state index contributed by atoms with van der Waals surface area (Å²) in [6.45, 7) is 4.93. The smallest absolute Gasteiger partial charge is 0.243 e. The molecule has 8 heteroatoms. The average molecular weight is 445 g/mol. The summed E-state index contributed by atoms with van der Waals surface area (Å²) in [5, 5.41) is 6.54. The molecule has 0 radical (unpaired) electrons. The Morgan fingerprint density at radius 2 is 1.77 bits per heavy atom. The summed E-state index contributed by atoms with van der Waals surface area (Å²) in [7, 11) is -1.79. The Hall–Kier alpha value is -2.58.